The van der Waals surface area contributed by atoms with Crippen LogP contribution in [-0.2, 0) is 5.75 Å². The first-order chi connectivity index (χ1) is 13.5. The lowest BCUT2D eigenvalue weighted by Gasteiger charge is -2.18. The van der Waals surface area contributed by atoms with Gasteiger partial charge in [-0.05, 0) is 38.1 Å². The van der Waals surface area contributed by atoms with Gasteiger partial charge in [-0.3, -0.25) is 4.79 Å². The topological polar surface area (TPSA) is 68.5 Å². The number of carbonyl (C=O) groups excluding carboxylic acids is 1. The zero-order chi connectivity index (χ0) is 19.9. The Morgan fingerprint density at radius 1 is 1.21 bits per heavy atom. The number of benzene rings is 1. The molecule has 0 N–H and O–H groups in total. The van der Waals surface area contributed by atoms with E-state index in [2.05, 4.69) is 10.1 Å². The van der Waals surface area contributed by atoms with Gasteiger partial charge in [0.15, 0.2) is 0 Å². The molecule has 0 saturated heterocycles. The Bertz CT molecular complexity index is 925. The van der Waals surface area contributed by atoms with Crippen molar-refractivity contribution in [3.05, 3.63) is 71.2 Å². The highest BCUT2D eigenvalue weighted by atomic mass is 32.2. The van der Waals surface area contributed by atoms with E-state index >= 15 is 0 Å². The third kappa shape index (κ3) is 5.36. The Hall–Kier alpha value is -2.80. The summed E-state index contributed by atoms with van der Waals surface area (Å²) in [5.41, 5.74) is 2.58. The highest BCUT2D eigenvalue weighted by Gasteiger charge is 2.17. The van der Waals surface area contributed by atoms with E-state index in [1.54, 1.807) is 30.3 Å². The van der Waals surface area contributed by atoms with Gasteiger partial charge in [-0.25, -0.2) is 4.98 Å². The summed E-state index contributed by atoms with van der Waals surface area (Å²) in [6.07, 6.45) is 1.69. The first-order valence-corrected chi connectivity index (χ1v) is 9.96. The van der Waals surface area contributed by atoms with Crippen LogP contribution in [0.15, 0.2) is 58.2 Å². The Morgan fingerprint density at radius 2 is 2.00 bits per heavy atom. The van der Waals surface area contributed by atoms with Crippen LogP contribution in [0.25, 0.3) is 0 Å². The second-order valence-electron chi connectivity index (χ2n) is 6.46. The smallest absolute Gasteiger partial charge is 0.256 e. The van der Waals surface area contributed by atoms with Crippen molar-refractivity contribution >= 4 is 17.7 Å². The molecule has 0 saturated carbocycles. The summed E-state index contributed by atoms with van der Waals surface area (Å²) in [4.78, 5) is 18.9. The minimum Gasteiger partial charge on any atom is -0.492 e. The van der Waals surface area contributed by atoms with Crippen molar-refractivity contribution in [1.82, 2.24) is 15.0 Å². The van der Waals surface area contributed by atoms with Gasteiger partial charge in [0.25, 0.3) is 5.91 Å². The normalized spacial score (nSPS) is 10.7. The molecule has 146 valence electrons. The highest BCUT2D eigenvalue weighted by Crippen LogP contribution is 2.25. The molecule has 0 aliphatic carbocycles. The summed E-state index contributed by atoms with van der Waals surface area (Å²) < 4.78 is 10.8. The number of rotatable bonds is 8. The third-order valence-electron chi connectivity index (χ3n) is 4.10. The van der Waals surface area contributed by atoms with Gasteiger partial charge in [-0.1, -0.05) is 34.6 Å². The van der Waals surface area contributed by atoms with Gasteiger partial charge in [-0.15, -0.1) is 0 Å². The van der Waals surface area contributed by atoms with Crippen molar-refractivity contribution < 1.29 is 14.1 Å². The number of hydrogen-bond acceptors (Lipinski definition) is 6. The van der Waals surface area contributed by atoms with Crippen molar-refractivity contribution in [2.45, 2.75) is 24.6 Å². The molecule has 28 heavy (non-hydrogen) atoms. The molecule has 0 unspecified atom stereocenters. The molecule has 2 aromatic heterocycles. The van der Waals surface area contributed by atoms with Crippen LogP contribution in [0.4, 0.5) is 0 Å². The lowest BCUT2D eigenvalue weighted by Crippen LogP contribution is -2.31. The number of pyridine rings is 1. The number of likely N-dealkylation sites (N-methyl/N-ethyl adjacent to an activating group) is 1. The molecule has 6 nitrogen and oxygen atoms in total. The van der Waals surface area contributed by atoms with Gasteiger partial charge in [0.2, 0.25) is 0 Å². The van der Waals surface area contributed by atoms with Gasteiger partial charge in [-0.2, -0.15) is 0 Å². The van der Waals surface area contributed by atoms with Gasteiger partial charge in [0.05, 0.1) is 17.8 Å². The van der Waals surface area contributed by atoms with Crippen LogP contribution in [0.2, 0.25) is 0 Å². The monoisotopic (exact) mass is 397 g/mol. The van der Waals surface area contributed by atoms with E-state index in [1.807, 2.05) is 44.2 Å². The summed E-state index contributed by atoms with van der Waals surface area (Å²) in [6, 6.07) is 13.3. The molecule has 3 rings (SSSR count). The Morgan fingerprint density at radius 3 is 2.71 bits per heavy atom. The molecule has 1 aromatic carbocycles. The summed E-state index contributed by atoms with van der Waals surface area (Å²) in [6.45, 7) is 4.79. The number of ether oxygens (including phenoxy) is 1. The summed E-state index contributed by atoms with van der Waals surface area (Å²) in [7, 11) is 1.77. The van der Waals surface area contributed by atoms with E-state index in [9.17, 15) is 4.79 Å². The number of nitrogens with zero attached hydrogens (tertiary/aromatic N) is 3. The molecule has 0 fully saturated rings. The quantitative estimate of drug-likeness (QED) is 0.533. The molecule has 3 aromatic rings. The van der Waals surface area contributed by atoms with Gasteiger partial charge < -0.3 is 14.2 Å². The largest absolute Gasteiger partial charge is 0.492 e. The average molecular weight is 398 g/mol. The molecule has 0 aliphatic heterocycles. The predicted molar refractivity (Wildman–Crippen MR) is 109 cm³/mol. The maximum atomic E-state index is 12.9. The fourth-order valence-corrected chi connectivity index (χ4v) is 3.41. The van der Waals surface area contributed by atoms with E-state index in [-0.39, 0.29) is 5.91 Å². The number of carbonyl (C=O) groups is 1. The molecule has 0 aliphatic rings. The van der Waals surface area contributed by atoms with Crippen LogP contribution in [0, 0.1) is 13.8 Å². The molecule has 0 atom stereocenters. The van der Waals surface area contributed by atoms with Crippen LogP contribution in [0.5, 0.6) is 5.75 Å². The summed E-state index contributed by atoms with van der Waals surface area (Å²) in [5, 5.41) is 4.66. The number of hydrogen-bond donors (Lipinski definition) is 0. The number of amides is 1. The van der Waals surface area contributed by atoms with Gasteiger partial charge >= 0.3 is 0 Å². The van der Waals surface area contributed by atoms with Crippen molar-refractivity contribution in [2.24, 2.45) is 0 Å². The van der Waals surface area contributed by atoms with Gasteiger partial charge in [0.1, 0.15) is 23.1 Å². The lowest BCUT2D eigenvalue weighted by molar-refractivity contribution is 0.0769. The second kappa shape index (κ2) is 9.41. The van der Waals surface area contributed by atoms with Crippen LogP contribution in [0.3, 0.4) is 0 Å². The fraction of sp³-hybridized carbons (Fsp3) is 0.286. The van der Waals surface area contributed by atoms with E-state index < -0.39 is 0 Å². The minimum atomic E-state index is -0.0839. The summed E-state index contributed by atoms with van der Waals surface area (Å²) >= 11 is 1.47. The predicted octanol–water partition coefficient (Wildman–Crippen LogP) is 4.13. The molecular formula is C21H23N3O3S. The van der Waals surface area contributed by atoms with E-state index in [1.165, 1.54) is 17.3 Å². The zero-order valence-electron chi connectivity index (χ0n) is 16.2. The maximum Gasteiger partial charge on any atom is 0.256 e. The highest BCUT2D eigenvalue weighted by molar-refractivity contribution is 7.98. The Balaban J connectivity index is 1.57. The first-order valence-electron chi connectivity index (χ1n) is 8.98. The van der Waals surface area contributed by atoms with Crippen LogP contribution in [-0.4, -0.2) is 41.1 Å². The van der Waals surface area contributed by atoms with Crippen LogP contribution >= 0.6 is 11.8 Å². The van der Waals surface area contributed by atoms with E-state index in [0.717, 1.165) is 17.2 Å². The fourth-order valence-electron chi connectivity index (χ4n) is 2.54. The van der Waals surface area contributed by atoms with Crippen LogP contribution in [0.1, 0.15) is 27.4 Å². The molecule has 7 heteroatoms. The Kier molecular flexibility index (Phi) is 6.71. The second-order valence-corrected chi connectivity index (χ2v) is 7.43. The molecule has 0 spiro atoms. The van der Waals surface area contributed by atoms with Crippen LogP contribution < -0.4 is 4.74 Å². The number of thioether (sulfide) groups is 1. The van der Waals surface area contributed by atoms with E-state index in [0.29, 0.717) is 29.5 Å². The molecule has 1 amide bonds. The number of aryl methyl sites for hydroxylation is 2. The average Bonchev–Trinajstić information content (AvgIpc) is 3.12. The van der Waals surface area contributed by atoms with Crippen molar-refractivity contribution in [2.75, 3.05) is 20.2 Å². The SMILES string of the molecule is Cc1ccc(OCCN(C)C(=O)c2cccnc2SCc2cc(C)on2)cc1. The van der Waals surface area contributed by atoms with Crippen molar-refractivity contribution in [3.63, 3.8) is 0 Å². The van der Waals surface area contributed by atoms with Gasteiger partial charge in [0, 0.05) is 25.1 Å². The van der Waals surface area contributed by atoms with Crippen molar-refractivity contribution in [1.29, 1.82) is 0 Å². The molecule has 2 heterocycles. The number of aromatic nitrogens is 2. The molecule has 0 bridgehead atoms. The minimum absolute atomic E-state index is 0.0839. The maximum absolute atomic E-state index is 12.9. The van der Waals surface area contributed by atoms with E-state index in [4.69, 9.17) is 9.26 Å². The Labute approximate surface area is 168 Å². The summed E-state index contributed by atoms with van der Waals surface area (Å²) in [5.74, 6) is 2.07. The van der Waals surface area contributed by atoms with Crippen molar-refractivity contribution in [3.8, 4) is 5.75 Å². The molecule has 0 radical (unpaired) electrons. The molecular weight excluding hydrogens is 374 g/mol. The third-order valence-corrected chi connectivity index (χ3v) is 5.14. The zero-order valence-corrected chi connectivity index (χ0v) is 17.0. The first kappa shape index (κ1) is 19.9. The lowest BCUT2D eigenvalue weighted by atomic mass is 10.2. The standard InChI is InChI=1S/C21H23N3O3S/c1-15-6-8-18(9-7-15)26-12-11-24(3)21(25)19-5-4-10-22-20(19)28-14-17-13-16(2)27-23-17/h4-10,13H,11-12,14H2,1-3H3.